The zero-order valence-electron chi connectivity index (χ0n) is 6.01. The predicted molar refractivity (Wildman–Crippen MR) is 32.6 cm³/mol. The second-order valence-electron chi connectivity index (χ2n) is 1.42. The van der Waals surface area contributed by atoms with Crippen molar-refractivity contribution in [3.63, 3.8) is 0 Å². The fraction of sp³-hybridized carbons (Fsp3) is 0.800. The molecule has 0 saturated heterocycles. The van der Waals surface area contributed by atoms with Crippen LogP contribution in [0.3, 0.4) is 0 Å². The molecule has 0 aliphatic carbocycles. The van der Waals surface area contributed by atoms with Crippen LogP contribution in [0.15, 0.2) is 0 Å². The fourth-order valence-corrected chi connectivity index (χ4v) is 0.954. The molecule has 0 heterocycles. The van der Waals surface area contributed by atoms with Gasteiger partial charge in [-0.3, -0.25) is 0 Å². The minimum Gasteiger partial charge on any atom is -0.549 e. The van der Waals surface area contributed by atoms with Gasteiger partial charge in [-0.25, -0.2) is 0 Å². The fourth-order valence-electron chi connectivity index (χ4n) is 0.318. The molecule has 0 aromatic heterocycles. The number of carbonyl (C=O) groups is 1. The van der Waals surface area contributed by atoms with E-state index < -0.39 is 5.97 Å². The zero-order valence-corrected chi connectivity index (χ0v) is 9.95. The van der Waals surface area contributed by atoms with Crippen molar-refractivity contribution in [1.82, 2.24) is 0 Å². The van der Waals surface area contributed by atoms with Crippen LogP contribution in [-0.2, 0) is 4.79 Å². The molecule has 0 aromatic carbocycles. The summed E-state index contributed by atoms with van der Waals surface area (Å²) in [5.41, 5.74) is 0. The summed E-state index contributed by atoms with van der Waals surface area (Å²) in [5.74, 6) is -0.147. The molecular formula is C5H9KO2S. The van der Waals surface area contributed by atoms with Crippen LogP contribution >= 0.6 is 11.8 Å². The van der Waals surface area contributed by atoms with E-state index in [1.165, 1.54) is 11.8 Å². The van der Waals surface area contributed by atoms with E-state index in [0.717, 1.165) is 5.75 Å². The van der Waals surface area contributed by atoms with Gasteiger partial charge in [-0.2, -0.15) is 11.8 Å². The summed E-state index contributed by atoms with van der Waals surface area (Å²) >= 11 is 1.38. The van der Waals surface area contributed by atoms with E-state index >= 15 is 0 Å². The molecule has 1 atom stereocenters. The van der Waals surface area contributed by atoms with E-state index in [0.29, 0.717) is 0 Å². The van der Waals surface area contributed by atoms with Gasteiger partial charge in [0.05, 0.1) is 5.97 Å². The molecule has 0 aliphatic heterocycles. The van der Waals surface area contributed by atoms with Gasteiger partial charge in [-0.1, -0.05) is 6.92 Å². The van der Waals surface area contributed by atoms with Gasteiger partial charge in [-0.15, -0.1) is 0 Å². The van der Waals surface area contributed by atoms with Gasteiger partial charge >= 0.3 is 51.4 Å². The predicted octanol–water partition coefficient (Wildman–Crippen LogP) is -3.12. The average molecular weight is 172 g/mol. The topological polar surface area (TPSA) is 40.1 Å². The van der Waals surface area contributed by atoms with E-state index in [1.54, 1.807) is 6.92 Å². The number of aliphatic carboxylic acids is 1. The molecule has 0 fully saturated rings. The molecule has 0 rings (SSSR count). The Morgan fingerprint density at radius 2 is 2.22 bits per heavy atom. The molecule has 0 aromatic rings. The molecule has 1 unspecified atom stereocenters. The van der Waals surface area contributed by atoms with Gasteiger partial charge in [0, 0.05) is 5.25 Å². The van der Waals surface area contributed by atoms with Gasteiger partial charge in [-0.05, 0) is 12.7 Å². The van der Waals surface area contributed by atoms with Crippen molar-refractivity contribution in [1.29, 1.82) is 0 Å². The first-order valence-corrected chi connectivity index (χ1v) is 3.55. The quantitative estimate of drug-likeness (QED) is 0.423. The zero-order chi connectivity index (χ0) is 6.57. The van der Waals surface area contributed by atoms with E-state index in [1.807, 2.05) is 6.92 Å². The third kappa shape index (κ3) is 7.35. The van der Waals surface area contributed by atoms with Gasteiger partial charge in [0.2, 0.25) is 0 Å². The van der Waals surface area contributed by atoms with Crippen LogP contribution in [0.1, 0.15) is 13.8 Å². The summed E-state index contributed by atoms with van der Waals surface area (Å²) in [6.07, 6.45) is 0. The Bertz CT molecular complexity index is 87.0. The van der Waals surface area contributed by atoms with E-state index in [2.05, 4.69) is 0 Å². The van der Waals surface area contributed by atoms with Gasteiger partial charge < -0.3 is 9.90 Å². The van der Waals surface area contributed by atoms with Crippen LogP contribution < -0.4 is 56.5 Å². The Labute approximate surface area is 102 Å². The van der Waals surface area contributed by atoms with Crippen molar-refractivity contribution >= 4 is 17.7 Å². The molecule has 0 saturated carbocycles. The first kappa shape index (κ1) is 13.1. The van der Waals surface area contributed by atoms with Crippen LogP contribution in [0.5, 0.6) is 0 Å². The molecule has 0 amide bonds. The summed E-state index contributed by atoms with van der Waals surface area (Å²) in [4.78, 5) is 9.96. The average Bonchev–Trinajstić information content (AvgIpc) is 1.67. The molecule has 9 heavy (non-hydrogen) atoms. The van der Waals surface area contributed by atoms with Crippen molar-refractivity contribution in [3.8, 4) is 0 Å². The second-order valence-corrected chi connectivity index (χ2v) is 3.03. The maximum absolute atomic E-state index is 9.96. The summed E-state index contributed by atoms with van der Waals surface area (Å²) < 4.78 is 0. The molecular weight excluding hydrogens is 163 g/mol. The third-order valence-electron chi connectivity index (χ3n) is 0.749. The first-order chi connectivity index (χ1) is 3.68. The van der Waals surface area contributed by atoms with Crippen LogP contribution in [0.25, 0.3) is 0 Å². The molecule has 0 radical (unpaired) electrons. The number of rotatable bonds is 3. The Morgan fingerprint density at radius 1 is 1.78 bits per heavy atom. The third-order valence-corrected chi connectivity index (χ3v) is 1.77. The number of hydrogen-bond acceptors (Lipinski definition) is 3. The summed E-state index contributed by atoms with van der Waals surface area (Å²) in [6, 6.07) is 0. The van der Waals surface area contributed by atoms with Crippen molar-refractivity contribution in [3.05, 3.63) is 0 Å². The summed E-state index contributed by atoms with van der Waals surface area (Å²) in [6.45, 7) is 3.55. The monoisotopic (exact) mass is 172 g/mol. The minimum atomic E-state index is -0.975. The van der Waals surface area contributed by atoms with Gasteiger partial charge in [0.25, 0.3) is 0 Å². The van der Waals surface area contributed by atoms with Crippen molar-refractivity contribution in [2.24, 2.45) is 0 Å². The van der Waals surface area contributed by atoms with E-state index in [4.69, 9.17) is 0 Å². The number of hydrogen-bond donors (Lipinski definition) is 0. The molecule has 0 bridgehead atoms. The summed E-state index contributed by atoms with van der Waals surface area (Å²) in [7, 11) is 0. The van der Waals surface area contributed by atoms with E-state index in [9.17, 15) is 9.90 Å². The van der Waals surface area contributed by atoms with Crippen LogP contribution in [0, 0.1) is 0 Å². The molecule has 0 N–H and O–H groups in total. The second kappa shape index (κ2) is 7.56. The standard InChI is InChI=1S/C5H10O2S.K/c1-3-8-4(2)5(6)7;/h4H,3H2,1-2H3,(H,6,7);/q;+1/p-1. The largest absolute Gasteiger partial charge is 1.00 e. The SMILES string of the molecule is CCSC(C)C(=O)[O-].[K+]. The maximum atomic E-state index is 9.96. The number of thioether (sulfide) groups is 1. The molecule has 48 valence electrons. The van der Waals surface area contributed by atoms with Crippen molar-refractivity contribution < 1.29 is 61.3 Å². The van der Waals surface area contributed by atoms with Crippen LogP contribution in [-0.4, -0.2) is 17.0 Å². The minimum absolute atomic E-state index is 0. The number of carboxylic acids is 1. The van der Waals surface area contributed by atoms with Crippen molar-refractivity contribution in [2.75, 3.05) is 5.75 Å². The van der Waals surface area contributed by atoms with Crippen LogP contribution in [0.4, 0.5) is 0 Å². The maximum Gasteiger partial charge on any atom is 1.00 e. The number of carboxylic acid groups (broad SMARTS) is 1. The Kier molecular flexibility index (Phi) is 11.0. The molecule has 2 nitrogen and oxygen atoms in total. The van der Waals surface area contributed by atoms with Crippen molar-refractivity contribution in [2.45, 2.75) is 19.1 Å². The molecule has 4 heteroatoms. The smallest absolute Gasteiger partial charge is 0.549 e. The number of carbonyl (C=O) groups excluding carboxylic acids is 1. The van der Waals surface area contributed by atoms with Gasteiger partial charge in [0.1, 0.15) is 0 Å². The van der Waals surface area contributed by atoms with E-state index in [-0.39, 0.29) is 56.6 Å². The Morgan fingerprint density at radius 3 is 2.33 bits per heavy atom. The normalized spacial score (nSPS) is 11.8. The summed E-state index contributed by atoms with van der Waals surface area (Å²) in [5, 5.41) is 9.60. The Hall–Kier alpha value is 1.46. The molecule has 0 aliphatic rings. The molecule has 0 spiro atoms. The Balaban J connectivity index is 0. The first-order valence-electron chi connectivity index (χ1n) is 2.51. The van der Waals surface area contributed by atoms with Crippen LogP contribution in [0.2, 0.25) is 0 Å². The van der Waals surface area contributed by atoms with Gasteiger partial charge in [0.15, 0.2) is 0 Å².